The second-order valence-electron chi connectivity index (χ2n) is 4.12. The van der Waals surface area contributed by atoms with Crippen molar-refractivity contribution in [2.75, 3.05) is 0 Å². The number of carboxylic acid groups (broad SMARTS) is 1. The molecule has 16 heavy (non-hydrogen) atoms. The third-order valence-electron chi connectivity index (χ3n) is 2.82. The molecule has 0 atom stereocenters. The molecule has 2 aromatic rings. The first-order valence-electron chi connectivity index (χ1n) is 5.28. The fourth-order valence-corrected chi connectivity index (χ4v) is 1.85. The molecule has 1 fully saturated rings. The lowest BCUT2D eigenvalue weighted by atomic mass is 10.4. The maximum Gasteiger partial charge on any atom is 0.160 e. The molecule has 0 N–H and O–H groups in total. The molecule has 0 spiro atoms. The van der Waals surface area contributed by atoms with Crippen molar-refractivity contribution >= 4 is 17.1 Å². The van der Waals surface area contributed by atoms with Gasteiger partial charge in [-0.3, -0.25) is 0 Å². The topological polar surface area (TPSA) is 70.8 Å². The number of hydrogen-bond donors (Lipinski definition) is 0. The minimum Gasteiger partial charge on any atom is -0.542 e. The minimum absolute atomic E-state index is 0.0133. The Morgan fingerprint density at radius 2 is 2.38 bits per heavy atom. The summed E-state index contributed by atoms with van der Waals surface area (Å²) >= 11 is 0. The zero-order valence-electron chi connectivity index (χ0n) is 8.59. The highest BCUT2D eigenvalue weighted by molar-refractivity contribution is 5.87. The number of carbonyl (C=O) groups is 1. The highest BCUT2D eigenvalue weighted by Crippen LogP contribution is 2.32. The summed E-state index contributed by atoms with van der Waals surface area (Å²) in [5.74, 6) is -0.684. The van der Waals surface area contributed by atoms with Gasteiger partial charge in [-0.1, -0.05) is 0 Å². The van der Waals surface area contributed by atoms with Crippen molar-refractivity contribution in [3.05, 3.63) is 24.2 Å². The molecular weight excluding hydrogens is 206 g/mol. The van der Waals surface area contributed by atoms with Gasteiger partial charge in [-0.2, -0.15) is 0 Å². The number of rotatable bonds is 3. The summed E-state index contributed by atoms with van der Waals surface area (Å²) < 4.78 is 1.66. The van der Waals surface area contributed by atoms with Gasteiger partial charge >= 0.3 is 0 Å². The van der Waals surface area contributed by atoms with Crippen LogP contribution >= 0.6 is 0 Å². The summed E-state index contributed by atoms with van der Waals surface area (Å²) in [6.45, 7) is 0.677. The molecular formula is C11H10N3O2-. The highest BCUT2D eigenvalue weighted by Gasteiger charge is 2.24. The van der Waals surface area contributed by atoms with E-state index in [1.165, 1.54) is 0 Å². The lowest BCUT2D eigenvalue weighted by molar-refractivity contribution is -0.256. The first-order valence-corrected chi connectivity index (χ1v) is 5.28. The molecule has 5 heteroatoms. The number of nitrogens with zero attached hydrogens (tertiary/aromatic N) is 3. The molecule has 1 aliphatic carbocycles. The zero-order valence-corrected chi connectivity index (χ0v) is 8.59. The van der Waals surface area contributed by atoms with Crippen LogP contribution in [0.2, 0.25) is 0 Å². The maximum absolute atomic E-state index is 11.0. The summed E-state index contributed by atoms with van der Waals surface area (Å²) in [4.78, 5) is 19.2. The quantitative estimate of drug-likeness (QED) is 0.735. The number of imidazole rings is 1. The fraction of sp³-hybridized carbons (Fsp3) is 0.364. The Kier molecular flexibility index (Phi) is 1.92. The molecule has 2 heterocycles. The van der Waals surface area contributed by atoms with Crippen LogP contribution in [0, 0.1) is 5.92 Å². The van der Waals surface area contributed by atoms with Crippen LogP contribution in [0.4, 0.5) is 0 Å². The van der Waals surface area contributed by atoms with Crippen LogP contribution in [0.15, 0.2) is 18.3 Å². The Bertz CT molecular complexity index is 557. The van der Waals surface area contributed by atoms with Crippen LogP contribution in [-0.2, 0) is 6.54 Å². The van der Waals surface area contributed by atoms with Crippen molar-refractivity contribution in [2.45, 2.75) is 19.4 Å². The summed E-state index contributed by atoms with van der Waals surface area (Å²) in [7, 11) is 0. The van der Waals surface area contributed by atoms with Gasteiger partial charge < -0.3 is 14.5 Å². The zero-order chi connectivity index (χ0) is 11.1. The van der Waals surface area contributed by atoms with Crippen LogP contribution in [0.3, 0.4) is 0 Å². The van der Waals surface area contributed by atoms with Gasteiger partial charge in [0.1, 0.15) is 11.5 Å². The lowest BCUT2D eigenvalue weighted by Crippen LogP contribution is -2.27. The normalized spacial score (nSPS) is 15.5. The third kappa shape index (κ3) is 1.44. The van der Waals surface area contributed by atoms with Gasteiger partial charge in [0.05, 0.1) is 0 Å². The number of hydrogen-bond acceptors (Lipinski definition) is 4. The van der Waals surface area contributed by atoms with Crippen LogP contribution in [0.5, 0.6) is 0 Å². The molecule has 0 radical (unpaired) electrons. The van der Waals surface area contributed by atoms with Gasteiger partial charge in [-0.15, -0.1) is 0 Å². The first-order chi connectivity index (χ1) is 7.75. The largest absolute Gasteiger partial charge is 0.542 e. The highest BCUT2D eigenvalue weighted by atomic mass is 16.4. The van der Waals surface area contributed by atoms with E-state index in [1.807, 2.05) is 0 Å². The van der Waals surface area contributed by atoms with Crippen molar-refractivity contribution < 1.29 is 9.90 Å². The molecule has 0 saturated heterocycles. The summed E-state index contributed by atoms with van der Waals surface area (Å²) in [5, 5.41) is 11.0. The van der Waals surface area contributed by atoms with E-state index in [0.717, 1.165) is 12.8 Å². The Morgan fingerprint density at radius 3 is 3.06 bits per heavy atom. The molecule has 0 amide bonds. The molecule has 0 aliphatic heterocycles. The van der Waals surface area contributed by atoms with E-state index in [4.69, 9.17) is 0 Å². The monoisotopic (exact) mass is 216 g/mol. The van der Waals surface area contributed by atoms with Crippen molar-refractivity contribution in [3.63, 3.8) is 0 Å². The third-order valence-corrected chi connectivity index (χ3v) is 2.82. The van der Waals surface area contributed by atoms with Gasteiger partial charge in [0.15, 0.2) is 11.5 Å². The molecule has 1 saturated carbocycles. The van der Waals surface area contributed by atoms with Crippen molar-refractivity contribution in [1.29, 1.82) is 0 Å². The van der Waals surface area contributed by atoms with Gasteiger partial charge in [0.25, 0.3) is 0 Å². The van der Waals surface area contributed by atoms with Gasteiger partial charge in [-0.05, 0) is 30.9 Å². The molecule has 0 aromatic carbocycles. The average Bonchev–Trinajstić information content (AvgIpc) is 3.00. The predicted molar refractivity (Wildman–Crippen MR) is 54.6 cm³/mol. The fourth-order valence-electron chi connectivity index (χ4n) is 1.85. The van der Waals surface area contributed by atoms with E-state index in [-0.39, 0.29) is 5.82 Å². The van der Waals surface area contributed by atoms with Crippen LogP contribution < -0.4 is 5.11 Å². The van der Waals surface area contributed by atoms with Crippen LogP contribution in [0.1, 0.15) is 23.5 Å². The van der Waals surface area contributed by atoms with Crippen molar-refractivity contribution in [2.24, 2.45) is 5.92 Å². The minimum atomic E-state index is -1.24. The van der Waals surface area contributed by atoms with Crippen molar-refractivity contribution in [3.8, 4) is 0 Å². The van der Waals surface area contributed by atoms with Gasteiger partial charge in [-0.25, -0.2) is 9.97 Å². The van der Waals surface area contributed by atoms with E-state index >= 15 is 0 Å². The maximum atomic E-state index is 11.0. The second kappa shape index (κ2) is 3.30. The Labute approximate surface area is 91.7 Å². The predicted octanol–water partition coefficient (Wildman–Crippen LogP) is 0.205. The number of carboxylic acids is 1. The van der Waals surface area contributed by atoms with Gasteiger partial charge in [0.2, 0.25) is 0 Å². The van der Waals surface area contributed by atoms with E-state index in [2.05, 4.69) is 9.97 Å². The number of pyridine rings is 1. The summed E-state index contributed by atoms with van der Waals surface area (Å²) in [5.41, 5.74) is 1.25. The number of fused-ring (bicyclic) bond motifs is 1. The van der Waals surface area contributed by atoms with E-state index in [0.29, 0.717) is 23.6 Å². The molecule has 0 bridgehead atoms. The SMILES string of the molecule is O=C([O-])c1nc2cccnc2n1CC1CC1. The molecule has 1 aliphatic rings. The lowest BCUT2D eigenvalue weighted by Gasteiger charge is -2.07. The summed E-state index contributed by atoms with van der Waals surface area (Å²) in [6.07, 6.45) is 3.95. The Hall–Kier alpha value is -1.91. The van der Waals surface area contributed by atoms with Crippen molar-refractivity contribution in [1.82, 2.24) is 14.5 Å². The van der Waals surface area contributed by atoms with E-state index in [1.54, 1.807) is 22.9 Å². The summed E-state index contributed by atoms with van der Waals surface area (Å²) in [6, 6.07) is 3.51. The molecule has 82 valence electrons. The standard InChI is InChI=1S/C11H11N3O2/c15-11(16)10-13-8-2-1-5-12-9(8)14(10)6-7-3-4-7/h1-2,5,7H,3-4,6H2,(H,15,16)/p-1. The average molecular weight is 216 g/mol. The Morgan fingerprint density at radius 1 is 1.56 bits per heavy atom. The molecule has 3 rings (SSSR count). The number of aromatic carboxylic acids is 1. The van der Waals surface area contributed by atoms with Crippen LogP contribution in [0.25, 0.3) is 11.2 Å². The van der Waals surface area contributed by atoms with E-state index < -0.39 is 5.97 Å². The molecule has 2 aromatic heterocycles. The smallest absolute Gasteiger partial charge is 0.160 e. The van der Waals surface area contributed by atoms with E-state index in [9.17, 15) is 9.90 Å². The number of aromatic nitrogens is 3. The number of carbonyl (C=O) groups excluding carboxylic acids is 1. The second-order valence-corrected chi connectivity index (χ2v) is 4.12. The molecule has 0 unspecified atom stereocenters. The van der Waals surface area contributed by atoms with Crippen LogP contribution in [-0.4, -0.2) is 20.5 Å². The Balaban J connectivity index is 2.18. The molecule has 5 nitrogen and oxygen atoms in total. The first kappa shape index (κ1) is 9.33. The van der Waals surface area contributed by atoms with Gasteiger partial charge in [0, 0.05) is 12.7 Å².